The summed E-state index contributed by atoms with van der Waals surface area (Å²) < 4.78 is 5.83. The van der Waals surface area contributed by atoms with E-state index in [0.29, 0.717) is 24.7 Å². The molecular weight excluding hydrogens is 458 g/mol. The van der Waals surface area contributed by atoms with Crippen molar-refractivity contribution in [3.63, 3.8) is 0 Å². The van der Waals surface area contributed by atoms with Crippen LogP contribution in [0.15, 0.2) is 91.0 Å². The molecule has 1 aliphatic heterocycles. The lowest BCUT2D eigenvalue weighted by Crippen LogP contribution is -2.48. The summed E-state index contributed by atoms with van der Waals surface area (Å²) in [4.78, 5) is 21.6. The molecule has 3 aromatic carbocycles. The van der Waals surface area contributed by atoms with E-state index in [1.807, 2.05) is 77.7 Å². The highest BCUT2D eigenvalue weighted by molar-refractivity contribution is 6.31. The predicted molar refractivity (Wildman–Crippen MR) is 142 cm³/mol. The van der Waals surface area contributed by atoms with E-state index in [-0.39, 0.29) is 5.91 Å². The molecule has 0 spiro atoms. The highest BCUT2D eigenvalue weighted by Crippen LogP contribution is 2.21. The van der Waals surface area contributed by atoms with Crippen molar-refractivity contribution in [1.82, 2.24) is 9.88 Å². The van der Waals surface area contributed by atoms with Crippen LogP contribution in [-0.2, 0) is 11.4 Å². The summed E-state index contributed by atoms with van der Waals surface area (Å²) in [6.45, 7) is 3.29. The Kier molecular flexibility index (Phi) is 6.96. The van der Waals surface area contributed by atoms with Crippen molar-refractivity contribution in [2.75, 3.05) is 31.1 Å². The molecule has 0 bridgehead atoms. The third-order valence-electron chi connectivity index (χ3n) is 6.15. The summed E-state index contributed by atoms with van der Waals surface area (Å²) in [5.41, 5.74) is 2.88. The number of piperazine rings is 1. The summed E-state index contributed by atoms with van der Waals surface area (Å²) in [6.07, 6.45) is 3.49. The van der Waals surface area contributed by atoms with Crippen LogP contribution in [0.5, 0.6) is 5.75 Å². The van der Waals surface area contributed by atoms with E-state index >= 15 is 0 Å². The van der Waals surface area contributed by atoms with Gasteiger partial charge in [-0.05, 0) is 48.0 Å². The molecule has 35 heavy (non-hydrogen) atoms. The van der Waals surface area contributed by atoms with Crippen molar-refractivity contribution in [3.8, 4) is 5.75 Å². The molecular formula is C29H26ClN3O2. The normalized spacial score (nSPS) is 14.0. The van der Waals surface area contributed by atoms with E-state index in [4.69, 9.17) is 21.3 Å². The zero-order chi connectivity index (χ0) is 24.0. The fraction of sp³-hybridized carbons (Fsp3) is 0.172. The first-order chi connectivity index (χ1) is 17.2. The van der Waals surface area contributed by atoms with Gasteiger partial charge < -0.3 is 14.5 Å². The topological polar surface area (TPSA) is 45.7 Å². The molecule has 0 radical (unpaired) electrons. The first kappa shape index (κ1) is 22.9. The lowest BCUT2D eigenvalue weighted by molar-refractivity contribution is -0.126. The second-order valence-corrected chi connectivity index (χ2v) is 8.86. The van der Waals surface area contributed by atoms with Gasteiger partial charge in [-0.15, -0.1) is 0 Å². The Labute approximate surface area is 210 Å². The molecule has 5 nitrogen and oxygen atoms in total. The van der Waals surface area contributed by atoms with Gasteiger partial charge in [-0.3, -0.25) is 4.79 Å². The minimum absolute atomic E-state index is 0.0233. The van der Waals surface area contributed by atoms with Crippen LogP contribution in [0.25, 0.3) is 17.0 Å². The molecule has 0 saturated carbocycles. The third-order valence-corrected chi connectivity index (χ3v) is 6.52. The average Bonchev–Trinajstić information content (AvgIpc) is 2.91. The SMILES string of the molecule is O=C(/C=C/c1ccc(OCc2ccccc2Cl)cc1)N1CCN(c2ccc3ccccc3n2)CC1. The van der Waals surface area contributed by atoms with Crippen LogP contribution in [0.1, 0.15) is 11.1 Å². The molecule has 1 aromatic heterocycles. The zero-order valence-corrected chi connectivity index (χ0v) is 20.1. The van der Waals surface area contributed by atoms with E-state index in [2.05, 4.69) is 23.1 Å². The van der Waals surface area contributed by atoms with Crippen molar-refractivity contribution >= 4 is 40.3 Å². The Morgan fingerprint density at radius 1 is 0.886 bits per heavy atom. The van der Waals surface area contributed by atoms with Gasteiger partial charge >= 0.3 is 0 Å². The van der Waals surface area contributed by atoms with E-state index < -0.39 is 0 Å². The van der Waals surface area contributed by atoms with Crippen LogP contribution in [-0.4, -0.2) is 42.0 Å². The molecule has 176 valence electrons. The highest BCUT2D eigenvalue weighted by Gasteiger charge is 2.20. The number of fused-ring (bicyclic) bond motifs is 1. The number of carbonyl (C=O) groups is 1. The van der Waals surface area contributed by atoms with Gasteiger partial charge in [-0.2, -0.15) is 0 Å². The largest absolute Gasteiger partial charge is 0.489 e. The Bertz CT molecular complexity index is 1350. The summed E-state index contributed by atoms with van der Waals surface area (Å²) in [5.74, 6) is 1.74. The molecule has 1 aliphatic rings. The van der Waals surface area contributed by atoms with E-state index in [9.17, 15) is 4.79 Å². The number of pyridine rings is 1. The smallest absolute Gasteiger partial charge is 0.246 e. The van der Waals surface area contributed by atoms with Gasteiger partial charge in [-0.25, -0.2) is 4.98 Å². The summed E-state index contributed by atoms with van der Waals surface area (Å²) in [6, 6.07) is 27.6. The minimum atomic E-state index is 0.0233. The average molecular weight is 484 g/mol. The molecule has 2 heterocycles. The van der Waals surface area contributed by atoms with Crippen molar-refractivity contribution in [2.45, 2.75) is 6.61 Å². The number of para-hydroxylation sites is 1. The first-order valence-corrected chi connectivity index (χ1v) is 12.1. The molecule has 4 aromatic rings. The number of aromatic nitrogens is 1. The number of carbonyl (C=O) groups excluding carboxylic acids is 1. The Balaban J connectivity index is 1.12. The molecule has 5 rings (SSSR count). The molecule has 0 N–H and O–H groups in total. The van der Waals surface area contributed by atoms with Gasteiger partial charge in [0, 0.05) is 48.2 Å². The van der Waals surface area contributed by atoms with Crippen LogP contribution >= 0.6 is 11.6 Å². The minimum Gasteiger partial charge on any atom is -0.489 e. The van der Waals surface area contributed by atoms with Crippen molar-refractivity contribution in [1.29, 1.82) is 0 Å². The molecule has 6 heteroatoms. The Morgan fingerprint density at radius 2 is 1.63 bits per heavy atom. The maximum absolute atomic E-state index is 12.7. The molecule has 0 unspecified atom stereocenters. The van der Waals surface area contributed by atoms with Crippen molar-refractivity contribution < 1.29 is 9.53 Å². The number of benzene rings is 3. The number of amides is 1. The predicted octanol–water partition coefficient (Wildman–Crippen LogP) is 5.83. The summed E-state index contributed by atoms with van der Waals surface area (Å²) in [7, 11) is 0. The second kappa shape index (κ2) is 10.6. The monoisotopic (exact) mass is 483 g/mol. The number of rotatable bonds is 6. The molecule has 0 aliphatic carbocycles. The molecule has 0 atom stereocenters. The number of ether oxygens (including phenoxy) is 1. The lowest BCUT2D eigenvalue weighted by atomic mass is 10.2. The van der Waals surface area contributed by atoms with Crippen LogP contribution in [0, 0.1) is 0 Å². The van der Waals surface area contributed by atoms with Crippen LogP contribution in [0.4, 0.5) is 5.82 Å². The number of halogens is 1. The van der Waals surface area contributed by atoms with Crippen LogP contribution in [0.3, 0.4) is 0 Å². The summed E-state index contributed by atoms with van der Waals surface area (Å²) in [5, 5.41) is 1.83. The zero-order valence-electron chi connectivity index (χ0n) is 19.3. The Morgan fingerprint density at radius 3 is 2.43 bits per heavy atom. The van der Waals surface area contributed by atoms with Gasteiger partial charge in [-0.1, -0.05) is 60.1 Å². The van der Waals surface area contributed by atoms with Crippen LogP contribution < -0.4 is 9.64 Å². The number of hydrogen-bond donors (Lipinski definition) is 0. The van der Waals surface area contributed by atoms with Crippen molar-refractivity contribution in [2.24, 2.45) is 0 Å². The number of hydrogen-bond acceptors (Lipinski definition) is 4. The van der Waals surface area contributed by atoms with Gasteiger partial charge in [0.2, 0.25) is 5.91 Å². The van der Waals surface area contributed by atoms with E-state index in [1.165, 1.54) is 0 Å². The molecule has 1 fully saturated rings. The third kappa shape index (κ3) is 5.64. The quantitative estimate of drug-likeness (QED) is 0.324. The second-order valence-electron chi connectivity index (χ2n) is 8.46. The van der Waals surface area contributed by atoms with Gasteiger partial charge in [0.15, 0.2) is 0 Å². The number of anilines is 1. The fourth-order valence-corrected chi connectivity index (χ4v) is 4.30. The maximum atomic E-state index is 12.7. The van der Waals surface area contributed by atoms with Gasteiger partial charge in [0.25, 0.3) is 0 Å². The van der Waals surface area contributed by atoms with Gasteiger partial charge in [0.05, 0.1) is 5.52 Å². The number of nitrogens with zero attached hydrogens (tertiary/aromatic N) is 3. The summed E-state index contributed by atoms with van der Waals surface area (Å²) >= 11 is 6.18. The van der Waals surface area contributed by atoms with Crippen LogP contribution in [0.2, 0.25) is 5.02 Å². The standard InChI is InChI=1S/C29H26ClN3O2/c30-26-7-3-1-6-24(26)21-35-25-13-9-22(10-14-25)11-16-29(34)33-19-17-32(18-20-33)28-15-12-23-5-2-4-8-27(23)31-28/h1-16H,17-21H2/b16-11+. The highest BCUT2D eigenvalue weighted by atomic mass is 35.5. The van der Waals surface area contributed by atoms with E-state index in [1.54, 1.807) is 6.08 Å². The Hall–Kier alpha value is -3.83. The fourth-order valence-electron chi connectivity index (χ4n) is 4.11. The first-order valence-electron chi connectivity index (χ1n) is 11.7. The van der Waals surface area contributed by atoms with E-state index in [0.717, 1.165) is 46.7 Å². The molecule has 1 amide bonds. The van der Waals surface area contributed by atoms with Crippen molar-refractivity contribution in [3.05, 3.63) is 107 Å². The van der Waals surface area contributed by atoms with Gasteiger partial charge in [0.1, 0.15) is 18.2 Å². The maximum Gasteiger partial charge on any atom is 0.246 e. The lowest BCUT2D eigenvalue weighted by Gasteiger charge is -2.35. The molecule has 1 saturated heterocycles.